The minimum Gasteiger partial charge on any atom is -0.455 e. The Kier molecular flexibility index (Phi) is 6.85. The van der Waals surface area contributed by atoms with Gasteiger partial charge in [-0.1, -0.05) is 53.5 Å². The molecule has 132 valence electrons. The Bertz CT molecular complexity index is 777. The van der Waals surface area contributed by atoms with Gasteiger partial charge in [0.2, 0.25) is 0 Å². The maximum absolute atomic E-state index is 12.0. The second-order valence-corrected chi connectivity index (χ2v) is 6.56. The van der Waals surface area contributed by atoms with Crippen LogP contribution in [0.5, 0.6) is 0 Å². The molecule has 0 bridgehead atoms. The number of aryl methyl sites for hydroxylation is 1. The largest absolute Gasteiger partial charge is 0.455 e. The summed E-state index contributed by atoms with van der Waals surface area (Å²) in [6, 6.07) is 12.3. The van der Waals surface area contributed by atoms with Crippen LogP contribution in [0.3, 0.4) is 0 Å². The fourth-order valence-electron chi connectivity index (χ4n) is 2.37. The number of benzene rings is 2. The number of esters is 1. The highest BCUT2D eigenvalue weighted by Gasteiger charge is 2.15. The molecule has 0 heterocycles. The molecule has 1 N–H and O–H groups in total. The van der Waals surface area contributed by atoms with E-state index in [1.54, 1.807) is 25.1 Å². The molecule has 0 unspecified atom stereocenters. The Balaban J connectivity index is 1.83. The van der Waals surface area contributed by atoms with Crippen molar-refractivity contribution in [3.8, 4) is 0 Å². The molecular weight excluding hydrogens is 361 g/mol. The number of carbonyl (C=O) groups is 2. The lowest BCUT2D eigenvalue weighted by atomic mass is 10.1. The Labute approximate surface area is 157 Å². The third-order valence-corrected chi connectivity index (χ3v) is 4.33. The number of nitrogens with one attached hydrogen (secondary N) is 1. The van der Waals surface area contributed by atoms with E-state index in [1.807, 2.05) is 31.2 Å². The number of hydrogen-bond acceptors (Lipinski definition) is 3. The summed E-state index contributed by atoms with van der Waals surface area (Å²) in [6.07, 6.45) is 0.137. The molecular formula is C19H19Cl2NO3. The van der Waals surface area contributed by atoms with Gasteiger partial charge in [0.05, 0.1) is 12.5 Å². The second-order valence-electron chi connectivity index (χ2n) is 5.72. The molecule has 2 rings (SSSR count). The fourth-order valence-corrected chi connectivity index (χ4v) is 2.95. The zero-order valence-corrected chi connectivity index (χ0v) is 15.5. The predicted octanol–water partition coefficient (Wildman–Crippen LogP) is 4.26. The third kappa shape index (κ3) is 5.76. The van der Waals surface area contributed by atoms with E-state index in [0.717, 1.165) is 16.7 Å². The summed E-state index contributed by atoms with van der Waals surface area (Å²) in [7, 11) is 0. The zero-order valence-electron chi connectivity index (χ0n) is 14.0. The van der Waals surface area contributed by atoms with E-state index in [1.165, 1.54) is 0 Å². The highest BCUT2D eigenvalue weighted by Crippen LogP contribution is 2.25. The Morgan fingerprint density at radius 1 is 1.16 bits per heavy atom. The molecule has 6 heteroatoms. The fraction of sp³-hybridized carbons (Fsp3) is 0.263. The van der Waals surface area contributed by atoms with Gasteiger partial charge in [-0.25, -0.2) is 0 Å². The zero-order chi connectivity index (χ0) is 18.4. The molecule has 2 aromatic carbocycles. The lowest BCUT2D eigenvalue weighted by molar-refractivity contribution is -0.148. The lowest BCUT2D eigenvalue weighted by Crippen LogP contribution is -2.31. The van der Waals surface area contributed by atoms with Gasteiger partial charge in [0.15, 0.2) is 6.61 Å². The van der Waals surface area contributed by atoms with Gasteiger partial charge in [0, 0.05) is 10.0 Å². The molecule has 0 radical (unpaired) electrons. The van der Waals surface area contributed by atoms with E-state index >= 15 is 0 Å². The summed E-state index contributed by atoms with van der Waals surface area (Å²) >= 11 is 12.0. The first-order chi connectivity index (χ1) is 11.9. The minimum absolute atomic E-state index is 0.137. The smallest absolute Gasteiger partial charge is 0.310 e. The summed E-state index contributed by atoms with van der Waals surface area (Å²) in [5.74, 6) is -0.835. The molecule has 0 saturated heterocycles. The van der Waals surface area contributed by atoms with Crippen LogP contribution in [0.4, 0.5) is 0 Å². The van der Waals surface area contributed by atoms with Crippen molar-refractivity contribution in [3.63, 3.8) is 0 Å². The van der Waals surface area contributed by atoms with Crippen LogP contribution in [0, 0.1) is 6.92 Å². The van der Waals surface area contributed by atoms with Gasteiger partial charge in [-0.3, -0.25) is 9.59 Å². The van der Waals surface area contributed by atoms with Crippen molar-refractivity contribution in [2.24, 2.45) is 0 Å². The van der Waals surface area contributed by atoms with Crippen LogP contribution in [-0.4, -0.2) is 18.5 Å². The van der Waals surface area contributed by atoms with Crippen LogP contribution < -0.4 is 5.32 Å². The van der Waals surface area contributed by atoms with Crippen molar-refractivity contribution in [1.82, 2.24) is 5.32 Å². The summed E-state index contributed by atoms with van der Waals surface area (Å²) < 4.78 is 5.04. The second kappa shape index (κ2) is 8.88. The van der Waals surface area contributed by atoms with E-state index < -0.39 is 11.9 Å². The van der Waals surface area contributed by atoms with E-state index in [0.29, 0.717) is 10.0 Å². The first kappa shape index (κ1) is 19.3. The van der Waals surface area contributed by atoms with E-state index in [2.05, 4.69) is 5.32 Å². The molecule has 0 fully saturated rings. The van der Waals surface area contributed by atoms with Gasteiger partial charge in [-0.05, 0) is 42.7 Å². The van der Waals surface area contributed by atoms with Crippen molar-refractivity contribution in [1.29, 1.82) is 0 Å². The van der Waals surface area contributed by atoms with Gasteiger partial charge >= 0.3 is 5.97 Å². The molecule has 0 aliphatic heterocycles. The van der Waals surface area contributed by atoms with Crippen LogP contribution in [0.1, 0.15) is 29.7 Å². The van der Waals surface area contributed by atoms with Gasteiger partial charge in [0.1, 0.15) is 0 Å². The van der Waals surface area contributed by atoms with Crippen molar-refractivity contribution < 1.29 is 14.3 Å². The molecule has 0 aliphatic rings. The van der Waals surface area contributed by atoms with E-state index in [-0.39, 0.29) is 19.1 Å². The van der Waals surface area contributed by atoms with Gasteiger partial charge in [0.25, 0.3) is 5.91 Å². The molecule has 2 aromatic rings. The topological polar surface area (TPSA) is 55.4 Å². The van der Waals surface area contributed by atoms with Crippen molar-refractivity contribution in [3.05, 3.63) is 69.2 Å². The van der Waals surface area contributed by atoms with E-state index in [4.69, 9.17) is 27.9 Å². The van der Waals surface area contributed by atoms with Crippen molar-refractivity contribution in [2.45, 2.75) is 26.3 Å². The number of ether oxygens (including phenoxy) is 1. The highest BCUT2D eigenvalue weighted by molar-refractivity contribution is 6.35. The standard InChI is InChI=1S/C19H19Cl2NO3/c1-12-5-3-4-6-14(12)9-19(24)25-11-18(23)22-13(2)16-8-7-15(20)10-17(16)21/h3-8,10,13H,9,11H2,1-2H3,(H,22,23)/t13-/m0/s1. The van der Waals surface area contributed by atoms with Crippen molar-refractivity contribution in [2.75, 3.05) is 6.61 Å². The molecule has 1 amide bonds. The Morgan fingerprint density at radius 3 is 2.56 bits per heavy atom. The van der Waals surface area contributed by atoms with Crippen LogP contribution in [-0.2, 0) is 20.7 Å². The summed E-state index contributed by atoms with van der Waals surface area (Å²) in [5, 5.41) is 3.74. The monoisotopic (exact) mass is 379 g/mol. The first-order valence-electron chi connectivity index (χ1n) is 7.81. The summed E-state index contributed by atoms with van der Waals surface area (Å²) in [4.78, 5) is 23.8. The molecule has 0 aliphatic carbocycles. The quantitative estimate of drug-likeness (QED) is 0.762. The number of rotatable bonds is 6. The minimum atomic E-state index is -0.443. The van der Waals surface area contributed by atoms with Gasteiger partial charge < -0.3 is 10.1 Å². The molecule has 0 spiro atoms. The lowest BCUT2D eigenvalue weighted by Gasteiger charge is -2.16. The average molecular weight is 380 g/mol. The first-order valence-corrected chi connectivity index (χ1v) is 8.57. The average Bonchev–Trinajstić information content (AvgIpc) is 2.55. The predicted molar refractivity (Wildman–Crippen MR) is 98.9 cm³/mol. The number of carbonyl (C=O) groups excluding carboxylic acids is 2. The SMILES string of the molecule is Cc1ccccc1CC(=O)OCC(=O)N[C@@H](C)c1ccc(Cl)cc1Cl. The third-order valence-electron chi connectivity index (χ3n) is 3.77. The maximum Gasteiger partial charge on any atom is 0.310 e. The van der Waals surface area contributed by atoms with Crippen LogP contribution in [0.15, 0.2) is 42.5 Å². The molecule has 0 saturated carbocycles. The van der Waals surface area contributed by atoms with Crippen LogP contribution >= 0.6 is 23.2 Å². The maximum atomic E-state index is 12.0. The number of hydrogen-bond donors (Lipinski definition) is 1. The molecule has 25 heavy (non-hydrogen) atoms. The van der Waals surface area contributed by atoms with Crippen LogP contribution in [0.25, 0.3) is 0 Å². The summed E-state index contributed by atoms with van der Waals surface area (Å²) in [5.41, 5.74) is 2.63. The normalized spacial score (nSPS) is 11.7. The van der Waals surface area contributed by atoms with Gasteiger partial charge in [-0.2, -0.15) is 0 Å². The van der Waals surface area contributed by atoms with E-state index in [9.17, 15) is 9.59 Å². The van der Waals surface area contributed by atoms with Crippen molar-refractivity contribution >= 4 is 35.1 Å². The number of amides is 1. The Hall–Kier alpha value is -2.04. The number of halogens is 2. The summed E-state index contributed by atoms with van der Waals surface area (Å²) in [6.45, 7) is 3.38. The molecule has 1 atom stereocenters. The van der Waals surface area contributed by atoms with Gasteiger partial charge in [-0.15, -0.1) is 0 Å². The molecule has 4 nitrogen and oxygen atoms in total. The molecule has 0 aromatic heterocycles. The highest BCUT2D eigenvalue weighted by atomic mass is 35.5. The van der Waals surface area contributed by atoms with Crippen LogP contribution in [0.2, 0.25) is 10.0 Å². The Morgan fingerprint density at radius 2 is 1.88 bits per heavy atom.